The molecule has 0 heterocycles. The Kier molecular flexibility index (Phi) is 6.07. The van der Waals surface area contributed by atoms with Crippen LogP contribution in [0, 0.1) is 6.42 Å². The average Bonchev–Trinajstić information content (AvgIpc) is 2.23. The maximum Gasteiger partial charge on any atom is 0.144 e. The van der Waals surface area contributed by atoms with E-state index in [2.05, 4.69) is 0 Å². The second-order valence-electron chi connectivity index (χ2n) is 3.17. The summed E-state index contributed by atoms with van der Waals surface area (Å²) in [5.41, 5.74) is 0. The summed E-state index contributed by atoms with van der Waals surface area (Å²) in [5.74, 6) is 0. The zero-order valence-electron chi connectivity index (χ0n) is 8.41. The molecule has 0 saturated heterocycles. The minimum atomic E-state index is -0.497. The molecule has 0 bridgehead atoms. The van der Waals surface area contributed by atoms with Crippen LogP contribution in [0.15, 0.2) is 0 Å². The Balaban J connectivity index is 2.53. The number of ether oxygens (including phenoxy) is 3. The van der Waals surface area contributed by atoms with Gasteiger partial charge in [0.2, 0.25) is 0 Å². The molecular weight excluding hydrogens is 204 g/mol. The summed E-state index contributed by atoms with van der Waals surface area (Å²) >= 11 is 0. The van der Waals surface area contributed by atoms with Gasteiger partial charge in [-0.3, -0.25) is 0 Å². The van der Waals surface area contributed by atoms with Gasteiger partial charge in [0.1, 0.15) is 26.5 Å². The third-order valence-electron chi connectivity index (χ3n) is 2.36. The number of rotatable bonds is 6. The predicted octanol–water partition coefficient (Wildman–Crippen LogP) is -1.01. The van der Waals surface area contributed by atoms with Gasteiger partial charge < -0.3 is 29.5 Å². The molecule has 3 unspecified atom stereocenters. The molecule has 89 valence electrons. The third kappa shape index (κ3) is 3.67. The van der Waals surface area contributed by atoms with Crippen molar-refractivity contribution in [1.29, 1.82) is 0 Å². The quantitative estimate of drug-likeness (QED) is 0.498. The predicted molar refractivity (Wildman–Crippen MR) is 49.4 cm³/mol. The summed E-state index contributed by atoms with van der Waals surface area (Å²) in [6.07, 6.45) is 2.05. The molecule has 0 amide bonds. The lowest BCUT2D eigenvalue weighted by Crippen LogP contribution is -2.46. The normalized spacial score (nSPS) is 31.8. The van der Waals surface area contributed by atoms with Crippen LogP contribution < -0.4 is 0 Å². The number of aliphatic hydroxyl groups excluding tert-OH is 3. The molecule has 3 N–H and O–H groups in total. The van der Waals surface area contributed by atoms with Crippen molar-refractivity contribution in [3.05, 3.63) is 6.42 Å². The van der Waals surface area contributed by atoms with Gasteiger partial charge in [0.25, 0.3) is 0 Å². The van der Waals surface area contributed by atoms with Gasteiger partial charge in [-0.2, -0.15) is 0 Å². The monoisotopic (exact) mass is 221 g/mol. The fraction of sp³-hybridized carbons (Fsp3) is 0.889. The van der Waals surface area contributed by atoms with Gasteiger partial charge in [0.05, 0.1) is 12.2 Å². The molecule has 1 aliphatic carbocycles. The zero-order chi connectivity index (χ0) is 11.1. The van der Waals surface area contributed by atoms with Crippen molar-refractivity contribution >= 4 is 0 Å². The highest BCUT2D eigenvalue weighted by molar-refractivity contribution is 4.95. The summed E-state index contributed by atoms with van der Waals surface area (Å²) in [7, 11) is 0. The fourth-order valence-corrected chi connectivity index (χ4v) is 1.75. The molecule has 6 heteroatoms. The van der Waals surface area contributed by atoms with Crippen LogP contribution in [0.4, 0.5) is 0 Å². The first-order valence-corrected chi connectivity index (χ1v) is 4.84. The van der Waals surface area contributed by atoms with E-state index < -0.39 is 32.6 Å². The van der Waals surface area contributed by atoms with Crippen LogP contribution in [0.2, 0.25) is 0 Å². The molecule has 6 nitrogen and oxygen atoms in total. The highest BCUT2D eigenvalue weighted by Crippen LogP contribution is 2.25. The lowest BCUT2D eigenvalue weighted by Gasteiger charge is -2.36. The topological polar surface area (TPSA) is 88.4 Å². The molecule has 0 spiro atoms. The van der Waals surface area contributed by atoms with E-state index in [0.29, 0.717) is 6.42 Å². The van der Waals surface area contributed by atoms with E-state index in [1.807, 2.05) is 6.42 Å². The SMILES string of the molecule is OCOC1[CH]CCC(OCO)C1OCO. The Morgan fingerprint density at radius 3 is 2.27 bits per heavy atom. The molecule has 15 heavy (non-hydrogen) atoms. The Morgan fingerprint density at radius 1 is 1.00 bits per heavy atom. The standard InChI is InChI=1S/C9H17O6/c10-4-13-7-2-1-3-8(14-5-11)9(7)15-6-12/h2,7-12H,1,3-6H2. The summed E-state index contributed by atoms with van der Waals surface area (Å²) < 4.78 is 15.2. The van der Waals surface area contributed by atoms with Crippen LogP contribution in [-0.2, 0) is 14.2 Å². The maximum absolute atomic E-state index is 8.72. The van der Waals surface area contributed by atoms with Crippen molar-refractivity contribution in [2.75, 3.05) is 20.4 Å². The molecule has 1 saturated carbocycles. The third-order valence-corrected chi connectivity index (χ3v) is 2.36. The van der Waals surface area contributed by atoms with Crippen LogP contribution in [0.3, 0.4) is 0 Å². The first kappa shape index (κ1) is 12.8. The number of aliphatic hydroxyl groups is 3. The van der Waals surface area contributed by atoms with Crippen molar-refractivity contribution in [2.45, 2.75) is 31.2 Å². The van der Waals surface area contributed by atoms with Gasteiger partial charge >= 0.3 is 0 Å². The van der Waals surface area contributed by atoms with Gasteiger partial charge in [0.15, 0.2) is 0 Å². The molecule has 0 aromatic rings. The Morgan fingerprint density at radius 2 is 1.67 bits per heavy atom. The van der Waals surface area contributed by atoms with E-state index in [1.54, 1.807) is 0 Å². The van der Waals surface area contributed by atoms with E-state index in [9.17, 15) is 0 Å². The zero-order valence-corrected chi connectivity index (χ0v) is 8.41. The van der Waals surface area contributed by atoms with E-state index in [1.165, 1.54) is 0 Å². The van der Waals surface area contributed by atoms with E-state index in [4.69, 9.17) is 29.5 Å². The van der Waals surface area contributed by atoms with Gasteiger partial charge in [-0.1, -0.05) is 0 Å². The van der Waals surface area contributed by atoms with Crippen LogP contribution in [0.25, 0.3) is 0 Å². The number of hydrogen-bond donors (Lipinski definition) is 3. The van der Waals surface area contributed by atoms with E-state index in [-0.39, 0.29) is 6.10 Å². The minimum absolute atomic E-state index is 0.330. The molecule has 3 atom stereocenters. The smallest absolute Gasteiger partial charge is 0.144 e. The maximum atomic E-state index is 8.72. The molecule has 0 aromatic carbocycles. The van der Waals surface area contributed by atoms with Gasteiger partial charge in [-0.15, -0.1) is 0 Å². The summed E-state index contributed by atoms with van der Waals surface area (Å²) in [4.78, 5) is 0. The highest BCUT2D eigenvalue weighted by Gasteiger charge is 2.35. The van der Waals surface area contributed by atoms with Gasteiger partial charge in [-0.05, 0) is 19.3 Å². The first-order chi connectivity index (χ1) is 7.33. The van der Waals surface area contributed by atoms with Crippen molar-refractivity contribution < 1.29 is 29.5 Å². The molecule has 1 aliphatic rings. The molecular formula is C9H17O6. The van der Waals surface area contributed by atoms with Crippen LogP contribution in [-0.4, -0.2) is 54.0 Å². The molecule has 1 rings (SSSR count). The van der Waals surface area contributed by atoms with Crippen molar-refractivity contribution in [1.82, 2.24) is 0 Å². The molecule has 0 aliphatic heterocycles. The molecule has 1 radical (unpaired) electrons. The largest absolute Gasteiger partial charge is 0.371 e. The van der Waals surface area contributed by atoms with Crippen LogP contribution in [0.1, 0.15) is 12.8 Å². The van der Waals surface area contributed by atoms with Crippen molar-refractivity contribution in [2.24, 2.45) is 0 Å². The lowest BCUT2D eigenvalue weighted by molar-refractivity contribution is -0.200. The Bertz CT molecular complexity index is 147. The second kappa shape index (κ2) is 7.10. The van der Waals surface area contributed by atoms with Crippen molar-refractivity contribution in [3.63, 3.8) is 0 Å². The summed E-state index contributed by atoms with van der Waals surface area (Å²) in [5, 5.41) is 26.1. The summed E-state index contributed by atoms with van der Waals surface area (Å²) in [6.45, 7) is -1.27. The van der Waals surface area contributed by atoms with Gasteiger partial charge in [-0.25, -0.2) is 0 Å². The Labute approximate surface area is 88.4 Å². The average molecular weight is 221 g/mol. The Hall–Kier alpha value is -0.240. The van der Waals surface area contributed by atoms with E-state index in [0.717, 1.165) is 6.42 Å². The second-order valence-corrected chi connectivity index (χ2v) is 3.17. The lowest BCUT2D eigenvalue weighted by atomic mass is 9.92. The summed E-state index contributed by atoms with van der Waals surface area (Å²) in [6, 6.07) is 0. The molecule has 0 aromatic heterocycles. The highest BCUT2D eigenvalue weighted by atomic mass is 16.7. The molecule has 1 fully saturated rings. The van der Waals surface area contributed by atoms with Crippen LogP contribution in [0.5, 0.6) is 0 Å². The van der Waals surface area contributed by atoms with Crippen LogP contribution >= 0.6 is 0 Å². The number of hydrogen-bond acceptors (Lipinski definition) is 6. The van der Waals surface area contributed by atoms with E-state index >= 15 is 0 Å². The first-order valence-electron chi connectivity index (χ1n) is 4.84. The van der Waals surface area contributed by atoms with Crippen molar-refractivity contribution in [3.8, 4) is 0 Å². The fourth-order valence-electron chi connectivity index (χ4n) is 1.75. The van der Waals surface area contributed by atoms with Gasteiger partial charge in [0, 0.05) is 0 Å². The minimum Gasteiger partial charge on any atom is -0.371 e.